The minimum Gasteiger partial charge on any atom is -0.356 e. The summed E-state index contributed by atoms with van der Waals surface area (Å²) >= 11 is 1.36. The summed E-state index contributed by atoms with van der Waals surface area (Å²) in [6.07, 6.45) is 4.67. The predicted octanol–water partition coefficient (Wildman–Crippen LogP) is 2.16. The molecule has 3 rings (SSSR count). The van der Waals surface area contributed by atoms with Gasteiger partial charge in [-0.05, 0) is 25.8 Å². The normalized spacial score (nSPS) is 17.5. The Bertz CT molecular complexity index is 753. The van der Waals surface area contributed by atoms with Crippen molar-refractivity contribution >= 4 is 34.1 Å². The number of aromatic amines is 1. The Morgan fingerprint density at radius 2 is 2.25 bits per heavy atom. The van der Waals surface area contributed by atoms with Crippen LogP contribution in [0.1, 0.15) is 40.6 Å². The van der Waals surface area contributed by atoms with E-state index in [1.54, 1.807) is 22.5 Å². The first-order valence-electron chi connectivity index (χ1n) is 7.73. The molecule has 2 aromatic rings. The molecule has 1 atom stereocenters. The minimum atomic E-state index is -0.256. The first kappa shape index (κ1) is 16.4. The Morgan fingerprint density at radius 1 is 1.42 bits per heavy atom. The van der Waals surface area contributed by atoms with Gasteiger partial charge in [-0.25, -0.2) is 4.98 Å². The van der Waals surface area contributed by atoms with Gasteiger partial charge < -0.3 is 15.2 Å². The summed E-state index contributed by atoms with van der Waals surface area (Å²) in [5, 5.41) is 5.15. The number of amides is 2. The summed E-state index contributed by atoms with van der Waals surface area (Å²) in [5.41, 5.74) is 0.856. The number of hydrogen-bond acceptors (Lipinski definition) is 5. The number of carbonyl (C=O) groups excluding carboxylic acids is 3. The van der Waals surface area contributed by atoms with Crippen LogP contribution >= 0.6 is 11.3 Å². The van der Waals surface area contributed by atoms with Crippen LogP contribution in [-0.2, 0) is 4.79 Å². The molecule has 0 spiro atoms. The zero-order valence-corrected chi connectivity index (χ0v) is 14.1. The Labute approximate surface area is 143 Å². The van der Waals surface area contributed by atoms with Crippen LogP contribution in [0.25, 0.3) is 0 Å². The molecular weight excluding hydrogens is 328 g/mol. The van der Waals surface area contributed by atoms with Crippen LogP contribution in [0.3, 0.4) is 0 Å². The fraction of sp³-hybridized carbons (Fsp3) is 0.375. The number of Topliss-reactive ketones (excluding diaryl/α,β-unsaturated/α-hetero) is 1. The molecule has 2 aromatic heterocycles. The molecule has 0 bridgehead atoms. The summed E-state index contributed by atoms with van der Waals surface area (Å²) in [4.78, 5) is 44.8. The number of ketones is 1. The van der Waals surface area contributed by atoms with E-state index >= 15 is 0 Å². The quantitative estimate of drug-likeness (QED) is 0.829. The number of rotatable bonds is 4. The van der Waals surface area contributed by atoms with Crippen molar-refractivity contribution in [3.05, 3.63) is 35.1 Å². The first-order chi connectivity index (χ1) is 11.5. The van der Waals surface area contributed by atoms with Crippen molar-refractivity contribution in [2.24, 2.45) is 5.92 Å². The molecule has 0 aliphatic carbocycles. The molecule has 0 aromatic carbocycles. The lowest BCUT2D eigenvalue weighted by atomic mass is 9.97. The van der Waals surface area contributed by atoms with Crippen LogP contribution in [0.2, 0.25) is 0 Å². The standard InChI is InChI=1S/C16H18N4O3S/c1-10(21)12-7-13(18-8-12)15(23)20-5-2-3-11(9-20)14(22)19-16-17-4-6-24-16/h4,6-8,11,18H,2-3,5,9H2,1H3,(H,17,19,22)/t11-/m0/s1. The van der Waals surface area contributed by atoms with Gasteiger partial charge in [0.15, 0.2) is 10.9 Å². The fourth-order valence-electron chi connectivity index (χ4n) is 2.76. The van der Waals surface area contributed by atoms with Gasteiger partial charge in [-0.3, -0.25) is 14.4 Å². The molecule has 1 aliphatic rings. The molecule has 3 heterocycles. The van der Waals surface area contributed by atoms with Crippen molar-refractivity contribution in [2.45, 2.75) is 19.8 Å². The monoisotopic (exact) mass is 346 g/mol. The Morgan fingerprint density at radius 3 is 2.92 bits per heavy atom. The van der Waals surface area contributed by atoms with E-state index in [0.29, 0.717) is 29.5 Å². The summed E-state index contributed by atoms with van der Waals surface area (Å²) in [6, 6.07) is 1.56. The molecule has 2 N–H and O–H groups in total. The van der Waals surface area contributed by atoms with Crippen molar-refractivity contribution in [3.8, 4) is 0 Å². The lowest BCUT2D eigenvalue weighted by Crippen LogP contribution is -2.43. The maximum absolute atomic E-state index is 12.6. The van der Waals surface area contributed by atoms with E-state index in [1.807, 2.05) is 0 Å². The number of nitrogens with one attached hydrogen (secondary N) is 2. The number of anilines is 1. The molecule has 1 fully saturated rings. The Hall–Kier alpha value is -2.48. The lowest BCUT2D eigenvalue weighted by molar-refractivity contribution is -0.121. The molecule has 0 unspecified atom stereocenters. The maximum Gasteiger partial charge on any atom is 0.270 e. The van der Waals surface area contributed by atoms with Gasteiger partial charge in [0.05, 0.1) is 5.92 Å². The van der Waals surface area contributed by atoms with E-state index in [-0.39, 0.29) is 23.5 Å². The minimum absolute atomic E-state index is 0.0929. The second kappa shape index (κ2) is 6.96. The second-order valence-electron chi connectivity index (χ2n) is 5.78. The molecule has 0 radical (unpaired) electrons. The highest BCUT2D eigenvalue weighted by Gasteiger charge is 2.29. The molecule has 1 saturated heterocycles. The number of piperidine rings is 1. The average molecular weight is 346 g/mol. The van der Waals surface area contributed by atoms with E-state index in [0.717, 1.165) is 12.8 Å². The van der Waals surface area contributed by atoms with E-state index < -0.39 is 0 Å². The third kappa shape index (κ3) is 3.53. The highest BCUT2D eigenvalue weighted by molar-refractivity contribution is 7.13. The molecule has 2 amide bonds. The van der Waals surface area contributed by atoms with Crippen molar-refractivity contribution in [1.29, 1.82) is 0 Å². The lowest BCUT2D eigenvalue weighted by Gasteiger charge is -2.31. The molecule has 24 heavy (non-hydrogen) atoms. The summed E-state index contributed by atoms with van der Waals surface area (Å²) in [5.74, 6) is -0.647. The van der Waals surface area contributed by atoms with Gasteiger partial charge in [-0.1, -0.05) is 0 Å². The van der Waals surface area contributed by atoms with Gasteiger partial charge in [-0.2, -0.15) is 0 Å². The molecular formula is C16H18N4O3S. The smallest absolute Gasteiger partial charge is 0.270 e. The number of thiazole rings is 1. The van der Waals surface area contributed by atoms with Crippen LogP contribution in [0.4, 0.5) is 5.13 Å². The van der Waals surface area contributed by atoms with E-state index in [1.165, 1.54) is 24.5 Å². The average Bonchev–Trinajstić information content (AvgIpc) is 3.26. The number of likely N-dealkylation sites (tertiary alicyclic amines) is 1. The van der Waals surface area contributed by atoms with Crippen LogP contribution in [0.5, 0.6) is 0 Å². The number of carbonyl (C=O) groups is 3. The zero-order valence-electron chi connectivity index (χ0n) is 13.2. The number of nitrogens with zero attached hydrogens (tertiary/aromatic N) is 2. The second-order valence-corrected chi connectivity index (χ2v) is 6.67. The number of aromatic nitrogens is 2. The Balaban J connectivity index is 1.64. The van der Waals surface area contributed by atoms with Crippen LogP contribution < -0.4 is 5.32 Å². The first-order valence-corrected chi connectivity index (χ1v) is 8.61. The zero-order chi connectivity index (χ0) is 17.1. The molecule has 1 aliphatic heterocycles. The van der Waals surface area contributed by atoms with Gasteiger partial charge >= 0.3 is 0 Å². The SMILES string of the molecule is CC(=O)c1c[nH]c(C(=O)N2CCC[C@H](C(=O)Nc3nccs3)C2)c1. The van der Waals surface area contributed by atoms with E-state index in [9.17, 15) is 14.4 Å². The van der Waals surface area contributed by atoms with E-state index in [2.05, 4.69) is 15.3 Å². The third-order valence-electron chi connectivity index (χ3n) is 4.06. The highest BCUT2D eigenvalue weighted by Crippen LogP contribution is 2.21. The summed E-state index contributed by atoms with van der Waals surface area (Å²) < 4.78 is 0. The summed E-state index contributed by atoms with van der Waals surface area (Å²) in [6.45, 7) is 2.43. The van der Waals surface area contributed by atoms with Gasteiger partial charge in [0.2, 0.25) is 5.91 Å². The predicted molar refractivity (Wildman–Crippen MR) is 90.2 cm³/mol. The van der Waals surface area contributed by atoms with Gasteiger partial charge in [0, 0.05) is 36.4 Å². The highest BCUT2D eigenvalue weighted by atomic mass is 32.1. The van der Waals surface area contributed by atoms with Crippen molar-refractivity contribution in [3.63, 3.8) is 0 Å². The summed E-state index contributed by atoms with van der Waals surface area (Å²) in [7, 11) is 0. The van der Waals surface area contributed by atoms with Crippen molar-refractivity contribution < 1.29 is 14.4 Å². The topological polar surface area (TPSA) is 95.2 Å². The van der Waals surface area contributed by atoms with Crippen LogP contribution in [0, 0.1) is 5.92 Å². The number of hydrogen-bond donors (Lipinski definition) is 2. The fourth-order valence-corrected chi connectivity index (χ4v) is 3.29. The molecule has 8 heteroatoms. The third-order valence-corrected chi connectivity index (χ3v) is 4.75. The van der Waals surface area contributed by atoms with Crippen LogP contribution in [-0.4, -0.2) is 45.6 Å². The molecule has 126 valence electrons. The van der Waals surface area contributed by atoms with E-state index in [4.69, 9.17) is 0 Å². The van der Waals surface area contributed by atoms with Crippen LogP contribution in [0.15, 0.2) is 23.8 Å². The number of H-pyrrole nitrogens is 1. The Kier molecular flexibility index (Phi) is 4.75. The van der Waals surface area contributed by atoms with Gasteiger partial charge in [0.1, 0.15) is 5.69 Å². The molecule has 7 nitrogen and oxygen atoms in total. The largest absolute Gasteiger partial charge is 0.356 e. The van der Waals surface area contributed by atoms with Gasteiger partial charge in [-0.15, -0.1) is 11.3 Å². The van der Waals surface area contributed by atoms with Crippen molar-refractivity contribution in [1.82, 2.24) is 14.9 Å². The van der Waals surface area contributed by atoms with Gasteiger partial charge in [0.25, 0.3) is 5.91 Å². The maximum atomic E-state index is 12.6. The van der Waals surface area contributed by atoms with Crippen molar-refractivity contribution in [2.75, 3.05) is 18.4 Å². The molecule has 0 saturated carbocycles.